The highest BCUT2D eigenvalue weighted by Gasteiger charge is 2.15. The number of amides is 1. The highest BCUT2D eigenvalue weighted by Crippen LogP contribution is 2.22. The van der Waals surface area contributed by atoms with Gasteiger partial charge < -0.3 is 14.5 Å². The van der Waals surface area contributed by atoms with Gasteiger partial charge in [-0.3, -0.25) is 4.79 Å². The van der Waals surface area contributed by atoms with Gasteiger partial charge in [0.25, 0.3) is 5.91 Å². The predicted octanol–water partition coefficient (Wildman–Crippen LogP) is 4.16. The van der Waals surface area contributed by atoms with E-state index in [-0.39, 0.29) is 5.91 Å². The molecule has 1 N–H and O–H groups in total. The lowest BCUT2D eigenvalue weighted by molar-refractivity contribution is -0.122. The lowest BCUT2D eigenvalue weighted by Gasteiger charge is -2.15. The molecule has 0 bridgehead atoms. The highest BCUT2D eigenvalue weighted by molar-refractivity contribution is 6.30. The van der Waals surface area contributed by atoms with E-state index in [1.54, 1.807) is 49.4 Å². The summed E-state index contributed by atoms with van der Waals surface area (Å²) in [5.74, 6) is 0.185. The van der Waals surface area contributed by atoms with Crippen LogP contribution in [-0.2, 0) is 4.79 Å². The van der Waals surface area contributed by atoms with Crippen molar-refractivity contribution in [1.29, 1.82) is 0 Å². The zero-order valence-electron chi connectivity index (χ0n) is 13.7. The Labute approximate surface area is 149 Å². The van der Waals surface area contributed by atoms with Gasteiger partial charge in [0, 0.05) is 28.2 Å². The molecule has 3 aromatic rings. The van der Waals surface area contributed by atoms with Gasteiger partial charge in [-0.2, -0.15) is 0 Å². The third-order valence-corrected chi connectivity index (χ3v) is 3.93. The molecule has 128 valence electrons. The number of carbonyl (C=O) groups is 1. The third kappa shape index (κ3) is 4.00. The molecule has 0 unspecified atom stereocenters. The van der Waals surface area contributed by atoms with E-state index in [9.17, 15) is 9.59 Å². The normalized spacial score (nSPS) is 12.0. The Morgan fingerprint density at radius 1 is 1.20 bits per heavy atom. The van der Waals surface area contributed by atoms with E-state index in [2.05, 4.69) is 5.32 Å². The lowest BCUT2D eigenvalue weighted by atomic mass is 10.1. The minimum absolute atomic E-state index is 0.325. The van der Waals surface area contributed by atoms with Crippen LogP contribution in [0.2, 0.25) is 5.02 Å². The van der Waals surface area contributed by atoms with Gasteiger partial charge in [0.15, 0.2) is 6.10 Å². The molecule has 25 heavy (non-hydrogen) atoms. The van der Waals surface area contributed by atoms with Crippen molar-refractivity contribution >= 4 is 34.2 Å². The molecule has 3 rings (SSSR count). The second kappa shape index (κ2) is 6.99. The predicted molar refractivity (Wildman–Crippen MR) is 97.4 cm³/mol. The van der Waals surface area contributed by atoms with Crippen LogP contribution in [0.25, 0.3) is 11.0 Å². The Hall–Kier alpha value is -2.79. The first-order valence-electron chi connectivity index (χ1n) is 7.70. The molecule has 0 saturated heterocycles. The number of rotatable bonds is 4. The number of hydrogen-bond acceptors (Lipinski definition) is 4. The van der Waals surface area contributed by atoms with Gasteiger partial charge in [-0.1, -0.05) is 17.7 Å². The molecule has 6 heteroatoms. The van der Waals surface area contributed by atoms with Gasteiger partial charge in [0.2, 0.25) is 0 Å². The smallest absolute Gasteiger partial charge is 0.336 e. The molecule has 1 aromatic heterocycles. The maximum Gasteiger partial charge on any atom is 0.336 e. The van der Waals surface area contributed by atoms with Crippen molar-refractivity contribution in [2.45, 2.75) is 20.0 Å². The summed E-state index contributed by atoms with van der Waals surface area (Å²) >= 11 is 5.90. The van der Waals surface area contributed by atoms with Crippen molar-refractivity contribution in [1.82, 2.24) is 0 Å². The monoisotopic (exact) mass is 357 g/mol. The minimum atomic E-state index is -0.723. The molecule has 0 aliphatic rings. The molecule has 0 aliphatic carbocycles. The molecule has 1 amide bonds. The number of fused-ring (bicyclic) bond motifs is 1. The molecule has 2 aromatic carbocycles. The van der Waals surface area contributed by atoms with E-state index in [0.29, 0.717) is 22.0 Å². The molecular weight excluding hydrogens is 342 g/mol. The number of hydrogen-bond donors (Lipinski definition) is 1. The summed E-state index contributed by atoms with van der Waals surface area (Å²) in [6.07, 6.45) is -0.723. The molecule has 0 spiro atoms. The van der Waals surface area contributed by atoms with E-state index in [1.165, 1.54) is 6.07 Å². The van der Waals surface area contributed by atoms with Gasteiger partial charge in [0.05, 0.1) is 0 Å². The highest BCUT2D eigenvalue weighted by atomic mass is 35.5. The summed E-state index contributed by atoms with van der Waals surface area (Å²) in [4.78, 5) is 23.8. The Kier molecular flexibility index (Phi) is 4.76. The quantitative estimate of drug-likeness (QED) is 0.712. The van der Waals surface area contributed by atoms with Crippen molar-refractivity contribution < 1.29 is 13.9 Å². The molecule has 1 heterocycles. The molecule has 0 saturated carbocycles. The topological polar surface area (TPSA) is 68.5 Å². The Balaban J connectivity index is 1.76. The second-order valence-electron chi connectivity index (χ2n) is 5.67. The Morgan fingerprint density at radius 3 is 2.76 bits per heavy atom. The summed E-state index contributed by atoms with van der Waals surface area (Å²) in [6.45, 7) is 3.47. The van der Waals surface area contributed by atoms with Crippen LogP contribution in [0.3, 0.4) is 0 Å². The molecule has 1 atom stereocenters. The fourth-order valence-corrected chi connectivity index (χ4v) is 2.62. The zero-order valence-corrected chi connectivity index (χ0v) is 14.5. The van der Waals surface area contributed by atoms with E-state index >= 15 is 0 Å². The third-order valence-electron chi connectivity index (χ3n) is 3.70. The van der Waals surface area contributed by atoms with Crippen LogP contribution in [0.4, 0.5) is 5.69 Å². The fraction of sp³-hybridized carbons (Fsp3) is 0.158. The number of carbonyl (C=O) groups excluding carboxylic acids is 1. The van der Waals surface area contributed by atoms with Crippen LogP contribution >= 0.6 is 11.6 Å². The van der Waals surface area contributed by atoms with Crippen LogP contribution in [0.1, 0.15) is 12.5 Å². The number of benzene rings is 2. The van der Waals surface area contributed by atoms with Crippen molar-refractivity contribution in [3.63, 3.8) is 0 Å². The maximum absolute atomic E-state index is 12.3. The lowest BCUT2D eigenvalue weighted by Crippen LogP contribution is -2.30. The SMILES string of the molecule is Cc1cc(=O)oc2cc(NC(=O)[C@@H](C)Oc3cccc(Cl)c3)ccc12. The fourth-order valence-electron chi connectivity index (χ4n) is 2.44. The van der Waals surface area contributed by atoms with Crippen LogP contribution < -0.4 is 15.7 Å². The van der Waals surface area contributed by atoms with E-state index < -0.39 is 11.7 Å². The Bertz CT molecular complexity index is 996. The number of ether oxygens (including phenoxy) is 1. The molecular formula is C19H16ClNO4. The van der Waals surface area contributed by atoms with E-state index in [4.69, 9.17) is 20.8 Å². The first-order chi connectivity index (χ1) is 11.9. The largest absolute Gasteiger partial charge is 0.481 e. The molecule has 0 fully saturated rings. The number of anilines is 1. The number of nitrogens with one attached hydrogen (secondary N) is 1. The van der Waals surface area contributed by atoms with Crippen LogP contribution in [0, 0.1) is 6.92 Å². The van der Waals surface area contributed by atoms with E-state index in [1.807, 2.05) is 6.92 Å². The van der Waals surface area contributed by atoms with Gasteiger partial charge in [-0.25, -0.2) is 4.79 Å². The van der Waals surface area contributed by atoms with Crippen molar-refractivity contribution in [2.75, 3.05) is 5.32 Å². The van der Waals surface area contributed by atoms with Crippen molar-refractivity contribution in [3.8, 4) is 5.75 Å². The summed E-state index contributed by atoms with van der Waals surface area (Å²) < 4.78 is 10.8. The first kappa shape index (κ1) is 17.0. The van der Waals surface area contributed by atoms with E-state index in [0.717, 1.165) is 10.9 Å². The van der Waals surface area contributed by atoms with Gasteiger partial charge in [-0.05, 0) is 49.7 Å². The molecule has 0 radical (unpaired) electrons. The van der Waals surface area contributed by atoms with Gasteiger partial charge in [0.1, 0.15) is 11.3 Å². The van der Waals surface area contributed by atoms with Crippen molar-refractivity contribution in [2.24, 2.45) is 0 Å². The average molecular weight is 358 g/mol. The zero-order chi connectivity index (χ0) is 18.0. The number of halogens is 1. The maximum atomic E-state index is 12.3. The molecule has 5 nitrogen and oxygen atoms in total. The standard InChI is InChI=1S/C19H16ClNO4/c1-11-8-18(22)25-17-10-14(6-7-16(11)17)21-19(23)12(2)24-15-5-3-4-13(20)9-15/h3-10,12H,1-2H3,(H,21,23)/t12-/m1/s1. The summed E-state index contributed by atoms with van der Waals surface area (Å²) in [5.41, 5.74) is 1.34. The molecule has 0 aliphatic heterocycles. The average Bonchev–Trinajstić information content (AvgIpc) is 2.54. The minimum Gasteiger partial charge on any atom is -0.481 e. The number of aryl methyl sites for hydroxylation is 1. The van der Waals surface area contributed by atoms with Crippen molar-refractivity contribution in [3.05, 3.63) is 69.5 Å². The Morgan fingerprint density at radius 2 is 2.00 bits per heavy atom. The first-order valence-corrected chi connectivity index (χ1v) is 8.08. The van der Waals surface area contributed by atoms with Gasteiger partial charge >= 0.3 is 5.63 Å². The summed E-state index contributed by atoms with van der Waals surface area (Å²) in [6, 6.07) is 13.4. The van der Waals surface area contributed by atoms with Crippen LogP contribution in [0.15, 0.2) is 57.7 Å². The van der Waals surface area contributed by atoms with Gasteiger partial charge in [-0.15, -0.1) is 0 Å². The van der Waals surface area contributed by atoms with Crippen LogP contribution in [0.5, 0.6) is 5.75 Å². The summed E-state index contributed by atoms with van der Waals surface area (Å²) in [7, 11) is 0. The summed E-state index contributed by atoms with van der Waals surface area (Å²) in [5, 5.41) is 4.10. The second-order valence-corrected chi connectivity index (χ2v) is 6.10. The van der Waals surface area contributed by atoms with Crippen LogP contribution in [-0.4, -0.2) is 12.0 Å².